The van der Waals surface area contributed by atoms with Crippen LogP contribution in [0.4, 0.5) is 4.39 Å². The van der Waals surface area contributed by atoms with E-state index >= 15 is 0 Å². The predicted octanol–water partition coefficient (Wildman–Crippen LogP) is 1.95. The molecule has 0 aromatic rings. The number of esters is 1. The number of hydrogen-bond donors (Lipinski definition) is 0. The van der Waals surface area contributed by atoms with E-state index in [2.05, 4.69) is 4.74 Å². The standard InChI is InChI=1S/C8H10ClFO3/c1-2-13-8(12)6(10)4-3-5-7(9)11/h4H,2-3,5H2,1H3/b6-4-. The zero-order chi connectivity index (χ0) is 10.3. The van der Waals surface area contributed by atoms with Crippen LogP contribution < -0.4 is 0 Å². The summed E-state index contributed by atoms with van der Waals surface area (Å²) in [5, 5.41) is -0.562. The van der Waals surface area contributed by atoms with Gasteiger partial charge in [-0.05, 0) is 31.0 Å². The number of halogens is 2. The highest BCUT2D eigenvalue weighted by molar-refractivity contribution is 6.63. The number of hydrogen-bond acceptors (Lipinski definition) is 3. The van der Waals surface area contributed by atoms with Gasteiger partial charge in [0.25, 0.3) is 0 Å². The molecule has 0 rings (SSSR count). The largest absolute Gasteiger partial charge is 0.461 e. The number of rotatable bonds is 5. The van der Waals surface area contributed by atoms with Crippen molar-refractivity contribution in [1.82, 2.24) is 0 Å². The molecule has 3 nitrogen and oxygen atoms in total. The van der Waals surface area contributed by atoms with Crippen molar-refractivity contribution in [2.45, 2.75) is 19.8 Å². The van der Waals surface area contributed by atoms with Gasteiger partial charge in [0.2, 0.25) is 11.1 Å². The Kier molecular flexibility index (Phi) is 6.14. The van der Waals surface area contributed by atoms with Crippen LogP contribution in [0.2, 0.25) is 0 Å². The second-order valence-corrected chi connectivity index (χ2v) is 2.59. The van der Waals surface area contributed by atoms with E-state index in [0.717, 1.165) is 6.08 Å². The Morgan fingerprint density at radius 1 is 1.54 bits per heavy atom. The van der Waals surface area contributed by atoms with Gasteiger partial charge in [-0.15, -0.1) is 0 Å². The first-order chi connectivity index (χ1) is 6.07. The van der Waals surface area contributed by atoms with Crippen LogP contribution in [0.3, 0.4) is 0 Å². The molecular weight excluding hydrogens is 199 g/mol. The average Bonchev–Trinajstić information content (AvgIpc) is 2.04. The van der Waals surface area contributed by atoms with Crippen LogP contribution in [0.15, 0.2) is 11.9 Å². The molecule has 0 N–H and O–H groups in total. The normalized spacial score (nSPS) is 11.2. The fourth-order valence-corrected chi connectivity index (χ4v) is 0.705. The van der Waals surface area contributed by atoms with E-state index in [1.807, 2.05) is 0 Å². The third-order valence-electron chi connectivity index (χ3n) is 1.13. The minimum absolute atomic E-state index is 0.00831. The lowest BCUT2D eigenvalue weighted by atomic mass is 10.3. The van der Waals surface area contributed by atoms with Crippen LogP contribution in [0, 0.1) is 0 Å². The summed E-state index contributed by atoms with van der Waals surface area (Å²) in [5.74, 6) is -2.00. The summed E-state index contributed by atoms with van der Waals surface area (Å²) < 4.78 is 17.0. The van der Waals surface area contributed by atoms with Crippen molar-refractivity contribution in [2.75, 3.05) is 6.61 Å². The zero-order valence-corrected chi connectivity index (χ0v) is 7.94. The van der Waals surface area contributed by atoms with Crippen LogP contribution in [-0.4, -0.2) is 17.8 Å². The minimum Gasteiger partial charge on any atom is -0.461 e. The Balaban J connectivity index is 3.87. The number of carbonyl (C=O) groups excluding carboxylic acids is 2. The first-order valence-electron chi connectivity index (χ1n) is 3.79. The summed E-state index contributed by atoms with van der Waals surface area (Å²) in [6, 6.07) is 0. The second kappa shape index (κ2) is 6.60. The average molecular weight is 209 g/mol. The van der Waals surface area contributed by atoms with Gasteiger partial charge in [0.1, 0.15) is 0 Å². The van der Waals surface area contributed by atoms with Crippen LogP contribution in [0.5, 0.6) is 0 Å². The highest BCUT2D eigenvalue weighted by Crippen LogP contribution is 2.04. The molecule has 0 radical (unpaired) electrons. The summed E-state index contributed by atoms with van der Waals surface area (Å²) in [6.07, 6.45) is 1.10. The van der Waals surface area contributed by atoms with Gasteiger partial charge >= 0.3 is 5.97 Å². The van der Waals surface area contributed by atoms with Crippen molar-refractivity contribution >= 4 is 22.8 Å². The molecule has 0 heterocycles. The van der Waals surface area contributed by atoms with Gasteiger partial charge in [0, 0.05) is 6.42 Å². The molecular formula is C8H10ClFO3. The van der Waals surface area contributed by atoms with Gasteiger partial charge in [-0.25, -0.2) is 4.79 Å². The van der Waals surface area contributed by atoms with Gasteiger partial charge in [0.15, 0.2) is 0 Å². The maximum Gasteiger partial charge on any atom is 0.366 e. The van der Waals surface area contributed by atoms with Crippen LogP contribution >= 0.6 is 11.6 Å². The van der Waals surface area contributed by atoms with Gasteiger partial charge in [-0.2, -0.15) is 4.39 Å². The van der Waals surface area contributed by atoms with Crippen molar-refractivity contribution in [3.05, 3.63) is 11.9 Å². The monoisotopic (exact) mass is 208 g/mol. The molecule has 0 bridgehead atoms. The second-order valence-electron chi connectivity index (χ2n) is 2.17. The van der Waals surface area contributed by atoms with E-state index in [0.29, 0.717) is 0 Å². The quantitative estimate of drug-likeness (QED) is 0.394. The Hall–Kier alpha value is -0.900. The molecule has 0 aromatic heterocycles. The summed E-state index contributed by atoms with van der Waals surface area (Å²) >= 11 is 5.00. The Morgan fingerprint density at radius 3 is 2.62 bits per heavy atom. The van der Waals surface area contributed by atoms with Crippen LogP contribution in [0.25, 0.3) is 0 Å². The molecule has 0 unspecified atom stereocenters. The molecule has 0 fully saturated rings. The van der Waals surface area contributed by atoms with Crippen molar-refractivity contribution in [1.29, 1.82) is 0 Å². The molecule has 0 saturated heterocycles. The SMILES string of the molecule is CCOC(=O)/C(F)=C/CCC(=O)Cl. The van der Waals surface area contributed by atoms with Crippen molar-refractivity contribution in [3.8, 4) is 0 Å². The minimum atomic E-state index is -1.01. The van der Waals surface area contributed by atoms with Gasteiger partial charge in [-0.3, -0.25) is 4.79 Å². The van der Waals surface area contributed by atoms with Crippen molar-refractivity contribution < 1.29 is 18.7 Å². The molecule has 0 aliphatic carbocycles. The fourth-order valence-electron chi connectivity index (χ4n) is 0.596. The smallest absolute Gasteiger partial charge is 0.366 e. The Bertz CT molecular complexity index is 225. The lowest BCUT2D eigenvalue weighted by Gasteiger charge is -1.97. The number of carbonyl (C=O) groups is 2. The van der Waals surface area contributed by atoms with Gasteiger partial charge in [-0.1, -0.05) is 0 Å². The molecule has 0 aromatic carbocycles. The van der Waals surface area contributed by atoms with Gasteiger partial charge < -0.3 is 4.74 Å². The highest BCUT2D eigenvalue weighted by atomic mass is 35.5. The van der Waals surface area contributed by atoms with Gasteiger partial charge in [0.05, 0.1) is 6.61 Å². The fraction of sp³-hybridized carbons (Fsp3) is 0.500. The van der Waals surface area contributed by atoms with Crippen molar-refractivity contribution in [3.63, 3.8) is 0 Å². The molecule has 0 spiro atoms. The number of ether oxygens (including phenoxy) is 1. The Morgan fingerprint density at radius 2 is 2.15 bits per heavy atom. The highest BCUT2D eigenvalue weighted by Gasteiger charge is 2.08. The third kappa shape index (κ3) is 6.28. The van der Waals surface area contributed by atoms with E-state index in [-0.39, 0.29) is 19.4 Å². The lowest BCUT2D eigenvalue weighted by molar-refractivity contribution is -0.140. The molecule has 0 atom stereocenters. The molecule has 0 aliphatic rings. The third-order valence-corrected chi connectivity index (χ3v) is 1.32. The maximum atomic E-state index is 12.7. The number of allylic oxidation sites excluding steroid dienone is 1. The zero-order valence-electron chi connectivity index (χ0n) is 7.18. The topological polar surface area (TPSA) is 43.4 Å². The van der Waals surface area contributed by atoms with E-state index < -0.39 is 17.0 Å². The maximum absolute atomic E-state index is 12.7. The first-order valence-corrected chi connectivity index (χ1v) is 4.16. The summed E-state index contributed by atoms with van der Waals surface area (Å²) in [4.78, 5) is 20.9. The Labute approximate surface area is 80.5 Å². The summed E-state index contributed by atoms with van der Waals surface area (Å²) in [6.45, 7) is 1.70. The first kappa shape index (κ1) is 12.1. The van der Waals surface area contributed by atoms with E-state index in [1.54, 1.807) is 6.92 Å². The van der Waals surface area contributed by atoms with Crippen LogP contribution in [0.1, 0.15) is 19.8 Å². The lowest BCUT2D eigenvalue weighted by Crippen LogP contribution is -2.04. The predicted molar refractivity (Wildman–Crippen MR) is 45.9 cm³/mol. The van der Waals surface area contributed by atoms with Crippen LogP contribution in [-0.2, 0) is 14.3 Å². The summed E-state index contributed by atoms with van der Waals surface area (Å²) in [5.41, 5.74) is 0. The summed E-state index contributed by atoms with van der Waals surface area (Å²) in [7, 11) is 0. The van der Waals surface area contributed by atoms with E-state index in [1.165, 1.54) is 0 Å². The molecule has 0 aliphatic heterocycles. The molecule has 13 heavy (non-hydrogen) atoms. The molecule has 0 saturated carbocycles. The van der Waals surface area contributed by atoms with E-state index in [4.69, 9.17) is 11.6 Å². The molecule has 74 valence electrons. The van der Waals surface area contributed by atoms with E-state index in [9.17, 15) is 14.0 Å². The molecule has 0 amide bonds. The molecule has 5 heteroatoms. The van der Waals surface area contributed by atoms with Crippen molar-refractivity contribution in [2.24, 2.45) is 0 Å².